The highest BCUT2D eigenvalue weighted by Gasteiger charge is 2.68. The summed E-state index contributed by atoms with van der Waals surface area (Å²) in [6.07, 6.45) is 26.9. The summed E-state index contributed by atoms with van der Waals surface area (Å²) in [6.45, 7) is 51.4. The fourth-order valence-electron chi connectivity index (χ4n) is 21.0. The molecule has 600 valence electrons. The molecule has 14 aliphatic rings. The molecule has 0 amide bonds. The second-order valence-corrected chi connectivity index (χ2v) is 36.5. The van der Waals surface area contributed by atoms with Crippen molar-refractivity contribution in [1.29, 1.82) is 0 Å². The lowest BCUT2D eigenvalue weighted by Gasteiger charge is -2.59. The number of hydrogen-bond acceptors (Lipinski definition) is 16. The molecular weight excluding hydrogens is 1310 g/mol. The van der Waals surface area contributed by atoms with Crippen molar-refractivity contribution in [3.63, 3.8) is 0 Å². The Morgan fingerprint density at radius 3 is 1.13 bits per heavy atom. The molecule has 0 aromatic carbocycles. The van der Waals surface area contributed by atoms with Crippen LogP contribution in [0.3, 0.4) is 0 Å². The molecule has 14 saturated carbocycles. The average molecular weight is 1470 g/mol. The second kappa shape index (κ2) is 37.0. The Hall–Kier alpha value is -4.24. The predicted octanol–water partition coefficient (Wildman–Crippen LogP) is 20.6. The second-order valence-electron chi connectivity index (χ2n) is 36.5. The number of hydrogen-bond donors (Lipinski definition) is 0. The zero-order valence-corrected chi connectivity index (χ0v) is 70.9. The number of fused-ring (bicyclic) bond motifs is 11. The smallest absolute Gasteiger partial charge is 0.350 e. The van der Waals surface area contributed by atoms with Crippen molar-refractivity contribution in [3.8, 4) is 0 Å². The quantitative estimate of drug-likeness (QED) is 0.0560. The topological polar surface area (TPSA) is 210 Å². The van der Waals surface area contributed by atoms with Gasteiger partial charge in [-0.1, -0.05) is 96.9 Å². The van der Waals surface area contributed by atoms with E-state index in [1.165, 1.54) is 103 Å². The first-order valence-corrected chi connectivity index (χ1v) is 42.5. The fraction of sp³-hybridized carbons (Fsp3) is 0.909. The van der Waals surface area contributed by atoms with Gasteiger partial charge in [-0.05, 0) is 339 Å². The number of carbonyl (C=O) groups is 8. The summed E-state index contributed by atoms with van der Waals surface area (Å²) < 4.78 is 45.3. The van der Waals surface area contributed by atoms with Gasteiger partial charge in [0.05, 0.1) is 21.7 Å². The Balaban J connectivity index is 0.000000242. The third-order valence-corrected chi connectivity index (χ3v) is 28.6. The average Bonchev–Trinajstić information content (AvgIpc) is 1.51. The van der Waals surface area contributed by atoms with Crippen molar-refractivity contribution >= 4 is 47.8 Å². The molecule has 16 nitrogen and oxygen atoms in total. The minimum atomic E-state index is -1.25. The van der Waals surface area contributed by atoms with Gasteiger partial charge in [-0.15, -0.1) is 0 Å². The SMILES string of the molecule is CC.CC.CC.CC.CCC(C)(C)C(=O)OC(C)(C)C(=O)OC1(C)C2CC3CC(C2)CC1C3.CCC(C)(C)C(=O)OC(C)C(=O)OC1(C)C2CC3CC(C2)CC1C3.CCC(C)(C)C(=O)OCC(=O)OC1(CC)CC2CC1C1C3CCC(C3)C21.CCC(C)(C)C(=O)OCC(=O)OC1(CC)CC2CCC1C2. The van der Waals surface area contributed by atoms with E-state index in [2.05, 4.69) is 27.7 Å². The van der Waals surface area contributed by atoms with E-state index in [0.29, 0.717) is 67.1 Å². The lowest BCUT2D eigenvalue weighted by molar-refractivity contribution is -0.221. The van der Waals surface area contributed by atoms with Crippen LogP contribution in [0.4, 0.5) is 0 Å². The van der Waals surface area contributed by atoms with E-state index in [-0.39, 0.29) is 65.8 Å². The number of ether oxygens (including phenoxy) is 8. The summed E-state index contributed by atoms with van der Waals surface area (Å²) in [4.78, 5) is 98.7. The van der Waals surface area contributed by atoms with E-state index in [9.17, 15) is 38.4 Å². The van der Waals surface area contributed by atoms with Crippen LogP contribution in [0.5, 0.6) is 0 Å². The van der Waals surface area contributed by atoms with Gasteiger partial charge < -0.3 is 37.9 Å². The van der Waals surface area contributed by atoms with Crippen LogP contribution in [0.15, 0.2) is 0 Å². The molecule has 14 fully saturated rings. The van der Waals surface area contributed by atoms with E-state index < -0.39 is 50.9 Å². The van der Waals surface area contributed by atoms with Crippen LogP contribution in [-0.4, -0.2) is 95.1 Å². The molecule has 0 radical (unpaired) electrons. The molecule has 14 bridgehead atoms. The number of carbonyl (C=O) groups excluding carboxylic acids is 8. The fourth-order valence-corrected chi connectivity index (χ4v) is 21.0. The van der Waals surface area contributed by atoms with Gasteiger partial charge in [0, 0.05) is 5.92 Å². The summed E-state index contributed by atoms with van der Waals surface area (Å²) in [5.74, 6) is 8.33. The van der Waals surface area contributed by atoms with E-state index >= 15 is 0 Å². The molecule has 0 aromatic rings. The zero-order chi connectivity index (χ0) is 78.7. The Morgan fingerprint density at radius 2 is 0.750 bits per heavy atom. The van der Waals surface area contributed by atoms with Crippen LogP contribution < -0.4 is 0 Å². The highest BCUT2D eigenvalue weighted by atomic mass is 16.6. The molecule has 16 heteroatoms. The van der Waals surface area contributed by atoms with Crippen LogP contribution in [0.1, 0.15) is 347 Å². The molecule has 104 heavy (non-hydrogen) atoms. The highest BCUT2D eigenvalue weighted by molar-refractivity contribution is 5.85. The molecule has 0 aliphatic heterocycles. The van der Waals surface area contributed by atoms with Crippen LogP contribution in [0.2, 0.25) is 0 Å². The number of rotatable bonds is 22. The lowest BCUT2D eigenvalue weighted by Crippen LogP contribution is -2.59. The molecule has 11 atom stereocenters. The molecule has 0 saturated heterocycles. The van der Waals surface area contributed by atoms with Crippen LogP contribution in [-0.2, 0) is 76.3 Å². The summed E-state index contributed by atoms with van der Waals surface area (Å²) >= 11 is 0. The molecule has 14 rings (SSSR count). The first kappa shape index (κ1) is 90.4. The van der Waals surface area contributed by atoms with Crippen LogP contribution in [0, 0.1) is 116 Å². The summed E-state index contributed by atoms with van der Waals surface area (Å²) in [5.41, 5.74) is -4.88. The normalized spacial score (nSPS) is 35.1. The van der Waals surface area contributed by atoms with Gasteiger partial charge in [-0.3, -0.25) is 19.2 Å². The summed E-state index contributed by atoms with van der Waals surface area (Å²) in [6, 6.07) is 0. The van der Waals surface area contributed by atoms with Gasteiger partial charge in [-0.2, -0.15) is 0 Å². The maximum atomic E-state index is 12.9. The zero-order valence-electron chi connectivity index (χ0n) is 70.9. The molecule has 0 spiro atoms. The first-order chi connectivity index (χ1) is 48.8. The van der Waals surface area contributed by atoms with E-state index in [0.717, 1.165) is 85.4 Å². The van der Waals surface area contributed by atoms with Gasteiger partial charge >= 0.3 is 47.8 Å². The van der Waals surface area contributed by atoms with Crippen molar-refractivity contribution in [1.82, 2.24) is 0 Å². The Labute approximate surface area is 632 Å². The molecule has 14 aliphatic carbocycles. The van der Waals surface area contributed by atoms with Crippen molar-refractivity contribution < 1.29 is 76.3 Å². The molecule has 0 aromatic heterocycles. The minimum Gasteiger partial charge on any atom is -0.456 e. The van der Waals surface area contributed by atoms with Gasteiger partial charge in [-0.25, -0.2) is 19.2 Å². The van der Waals surface area contributed by atoms with Crippen molar-refractivity contribution in [2.24, 2.45) is 116 Å². The summed E-state index contributed by atoms with van der Waals surface area (Å²) in [5, 5.41) is 0. The largest absolute Gasteiger partial charge is 0.456 e. The highest BCUT2D eigenvalue weighted by Crippen LogP contribution is 2.71. The molecule has 0 heterocycles. The molecule has 0 N–H and O–H groups in total. The van der Waals surface area contributed by atoms with E-state index in [1.54, 1.807) is 20.8 Å². The van der Waals surface area contributed by atoms with Crippen LogP contribution in [0.25, 0.3) is 0 Å². The van der Waals surface area contributed by atoms with Crippen molar-refractivity contribution in [3.05, 3.63) is 0 Å². The Bertz CT molecular complexity index is 2790. The van der Waals surface area contributed by atoms with Gasteiger partial charge in [0.15, 0.2) is 19.3 Å². The van der Waals surface area contributed by atoms with E-state index in [1.807, 2.05) is 138 Å². The third-order valence-electron chi connectivity index (χ3n) is 28.6. The minimum absolute atomic E-state index is 0.248. The number of esters is 8. The lowest BCUT2D eigenvalue weighted by atomic mass is 9.50. The van der Waals surface area contributed by atoms with Gasteiger partial charge in [0.25, 0.3) is 0 Å². The molecular formula is C88H152O16. The predicted molar refractivity (Wildman–Crippen MR) is 410 cm³/mol. The van der Waals surface area contributed by atoms with Crippen molar-refractivity contribution in [2.45, 2.75) is 382 Å². The Kier molecular flexibility index (Phi) is 32.1. The van der Waals surface area contributed by atoms with Crippen LogP contribution >= 0.6 is 0 Å². The third kappa shape index (κ3) is 19.8. The van der Waals surface area contributed by atoms with E-state index in [4.69, 9.17) is 37.9 Å². The summed E-state index contributed by atoms with van der Waals surface area (Å²) in [7, 11) is 0. The van der Waals surface area contributed by atoms with Crippen molar-refractivity contribution in [2.75, 3.05) is 13.2 Å². The van der Waals surface area contributed by atoms with Gasteiger partial charge in [0.2, 0.25) is 5.60 Å². The maximum Gasteiger partial charge on any atom is 0.350 e. The van der Waals surface area contributed by atoms with Gasteiger partial charge in [0.1, 0.15) is 22.4 Å². The molecule has 11 unspecified atom stereocenters. The Morgan fingerprint density at radius 1 is 0.375 bits per heavy atom. The monoisotopic (exact) mass is 1470 g/mol. The standard InChI is InChI=1S/C22H34O4.C21H34O4.C20H32O4.C17H28O4.4C2H6/c1-5-21(3,4)20(24)25-12-17(23)26-22(6-2)11-15-10-16(22)19-14-8-7-13(9-14)18(15)19;1-7-19(2,3)17(22)24-20(4,5)18(23)25-21(6)15-9-13-8-14(11-15)12-16(21)10-13;1-6-19(3,4)18(22)23-12(2)17(21)24-20(5)15-8-13-7-14(10-15)11-16(20)9-13;1-5-16(3,4)15(19)20-11-14(18)21-17(6-2)10-12-7-8-13(17)9-12;4*1-2/h13-16,18-19H,5-12H2,1-4H3;13-16H,7-12H2,1-6H3;12-16H,6-11H2,1-5H3;12-13H,5-11H2,1-4H3;4*1-2H3. The first-order valence-electron chi connectivity index (χ1n) is 42.5. The maximum absolute atomic E-state index is 12.9.